The maximum absolute atomic E-state index is 12.4. The Labute approximate surface area is 135 Å². The first-order valence-corrected chi connectivity index (χ1v) is 7.36. The highest BCUT2D eigenvalue weighted by Gasteiger charge is 2.14. The molecule has 0 saturated heterocycles. The molecule has 2 rings (SSSR count). The lowest BCUT2D eigenvalue weighted by molar-refractivity contribution is -0.118. The van der Waals surface area contributed by atoms with Gasteiger partial charge in [-0.15, -0.1) is 0 Å². The van der Waals surface area contributed by atoms with Crippen LogP contribution in [0, 0.1) is 5.92 Å². The van der Waals surface area contributed by atoms with Crippen molar-refractivity contribution < 1.29 is 14.3 Å². The largest absolute Gasteiger partial charge is 0.497 e. The Bertz CT molecular complexity index is 694. The van der Waals surface area contributed by atoms with Crippen molar-refractivity contribution in [2.24, 2.45) is 5.92 Å². The van der Waals surface area contributed by atoms with E-state index in [4.69, 9.17) is 4.74 Å². The number of benzene rings is 2. The van der Waals surface area contributed by atoms with Crippen LogP contribution in [0.5, 0.6) is 5.75 Å². The SMILES string of the molecule is COc1ccc(NC(=O)c2ccccc2NC(=O)C(C)C)cc1. The van der Waals surface area contributed by atoms with E-state index in [2.05, 4.69) is 10.6 Å². The van der Waals surface area contributed by atoms with Gasteiger partial charge < -0.3 is 15.4 Å². The molecule has 0 fully saturated rings. The standard InChI is InChI=1S/C18H20N2O3/c1-12(2)17(21)20-16-7-5-4-6-15(16)18(22)19-13-8-10-14(23-3)11-9-13/h4-12H,1-3H3,(H,19,22)(H,20,21). The Kier molecular flexibility index (Phi) is 5.36. The Morgan fingerprint density at radius 1 is 0.957 bits per heavy atom. The van der Waals surface area contributed by atoms with Crippen LogP contribution in [0.3, 0.4) is 0 Å². The number of amides is 2. The fraction of sp³-hybridized carbons (Fsp3) is 0.222. The molecule has 0 atom stereocenters. The predicted octanol–water partition coefficient (Wildman–Crippen LogP) is 3.54. The first-order valence-electron chi connectivity index (χ1n) is 7.36. The predicted molar refractivity (Wildman–Crippen MR) is 90.9 cm³/mol. The van der Waals surface area contributed by atoms with E-state index in [1.54, 1.807) is 69.5 Å². The maximum Gasteiger partial charge on any atom is 0.257 e. The number of ether oxygens (including phenoxy) is 1. The van der Waals surface area contributed by atoms with Crippen molar-refractivity contribution in [1.29, 1.82) is 0 Å². The lowest BCUT2D eigenvalue weighted by Gasteiger charge is -2.13. The molecule has 2 aromatic carbocycles. The normalized spacial score (nSPS) is 10.3. The molecule has 0 radical (unpaired) electrons. The van der Waals surface area contributed by atoms with Gasteiger partial charge >= 0.3 is 0 Å². The molecule has 5 nitrogen and oxygen atoms in total. The first kappa shape index (κ1) is 16.5. The van der Waals surface area contributed by atoms with E-state index in [0.29, 0.717) is 22.7 Å². The monoisotopic (exact) mass is 312 g/mol. The summed E-state index contributed by atoms with van der Waals surface area (Å²) < 4.78 is 5.08. The van der Waals surface area contributed by atoms with Gasteiger partial charge in [0.1, 0.15) is 5.75 Å². The Hall–Kier alpha value is -2.82. The molecule has 0 unspecified atom stereocenters. The molecular weight excluding hydrogens is 292 g/mol. The Balaban J connectivity index is 2.16. The van der Waals surface area contributed by atoms with Gasteiger partial charge in [-0.3, -0.25) is 9.59 Å². The van der Waals surface area contributed by atoms with Crippen LogP contribution >= 0.6 is 0 Å². The van der Waals surface area contributed by atoms with Crippen LogP contribution in [0.15, 0.2) is 48.5 Å². The molecule has 0 heterocycles. The molecule has 2 amide bonds. The molecule has 0 saturated carbocycles. The number of carbonyl (C=O) groups excluding carboxylic acids is 2. The second-order valence-electron chi connectivity index (χ2n) is 5.37. The quantitative estimate of drug-likeness (QED) is 0.887. The van der Waals surface area contributed by atoms with Crippen molar-refractivity contribution in [2.45, 2.75) is 13.8 Å². The van der Waals surface area contributed by atoms with Crippen molar-refractivity contribution in [2.75, 3.05) is 17.7 Å². The molecule has 0 spiro atoms. The molecule has 0 aromatic heterocycles. The zero-order valence-corrected chi connectivity index (χ0v) is 13.4. The summed E-state index contributed by atoms with van der Waals surface area (Å²) in [5.41, 5.74) is 1.57. The fourth-order valence-electron chi connectivity index (χ4n) is 1.94. The summed E-state index contributed by atoms with van der Waals surface area (Å²) in [6, 6.07) is 14.0. The van der Waals surface area contributed by atoms with Gasteiger partial charge in [-0.2, -0.15) is 0 Å². The summed E-state index contributed by atoms with van der Waals surface area (Å²) in [5.74, 6) is 0.143. The van der Waals surface area contributed by atoms with Gasteiger partial charge in [0.15, 0.2) is 0 Å². The van der Waals surface area contributed by atoms with Gasteiger partial charge in [-0.25, -0.2) is 0 Å². The number of hydrogen-bond donors (Lipinski definition) is 2. The molecule has 5 heteroatoms. The van der Waals surface area contributed by atoms with Crippen LogP contribution in [0.2, 0.25) is 0 Å². The number of rotatable bonds is 5. The zero-order chi connectivity index (χ0) is 16.8. The number of carbonyl (C=O) groups is 2. The van der Waals surface area contributed by atoms with Crippen molar-refractivity contribution in [3.05, 3.63) is 54.1 Å². The van der Waals surface area contributed by atoms with Gasteiger partial charge in [-0.05, 0) is 36.4 Å². The van der Waals surface area contributed by atoms with E-state index in [1.165, 1.54) is 0 Å². The minimum absolute atomic E-state index is 0.130. The summed E-state index contributed by atoms with van der Waals surface area (Å²) in [4.78, 5) is 24.3. The first-order chi connectivity index (χ1) is 11.0. The molecule has 0 bridgehead atoms. The van der Waals surface area contributed by atoms with Crippen molar-refractivity contribution >= 4 is 23.2 Å². The van der Waals surface area contributed by atoms with E-state index < -0.39 is 0 Å². The molecule has 120 valence electrons. The van der Waals surface area contributed by atoms with Gasteiger partial charge in [0.2, 0.25) is 5.91 Å². The summed E-state index contributed by atoms with van der Waals surface area (Å²) in [5, 5.41) is 5.58. The van der Waals surface area contributed by atoms with Crippen LogP contribution < -0.4 is 15.4 Å². The number of methoxy groups -OCH3 is 1. The lowest BCUT2D eigenvalue weighted by atomic mass is 10.1. The van der Waals surface area contributed by atoms with Gasteiger partial charge in [-0.1, -0.05) is 26.0 Å². The van der Waals surface area contributed by atoms with E-state index in [1.807, 2.05) is 0 Å². The molecule has 0 aliphatic rings. The van der Waals surface area contributed by atoms with Gasteiger partial charge in [0.25, 0.3) is 5.91 Å². The summed E-state index contributed by atoms with van der Waals surface area (Å²) >= 11 is 0. The molecular formula is C18H20N2O3. The minimum atomic E-state index is -0.283. The molecule has 23 heavy (non-hydrogen) atoms. The number of para-hydroxylation sites is 1. The highest BCUT2D eigenvalue weighted by Crippen LogP contribution is 2.20. The number of nitrogens with one attached hydrogen (secondary N) is 2. The molecule has 0 aliphatic heterocycles. The number of hydrogen-bond acceptors (Lipinski definition) is 3. The summed E-state index contributed by atoms with van der Waals surface area (Å²) in [6.07, 6.45) is 0. The third-order valence-corrected chi connectivity index (χ3v) is 3.30. The van der Waals surface area contributed by atoms with Crippen LogP contribution in [-0.4, -0.2) is 18.9 Å². The Morgan fingerprint density at radius 3 is 2.22 bits per heavy atom. The third kappa shape index (κ3) is 4.32. The summed E-state index contributed by atoms with van der Waals surface area (Å²) in [6.45, 7) is 3.60. The topological polar surface area (TPSA) is 67.4 Å². The highest BCUT2D eigenvalue weighted by atomic mass is 16.5. The molecule has 2 N–H and O–H groups in total. The van der Waals surface area contributed by atoms with Crippen molar-refractivity contribution in [1.82, 2.24) is 0 Å². The maximum atomic E-state index is 12.4. The molecule has 2 aromatic rings. The van der Waals surface area contributed by atoms with E-state index in [9.17, 15) is 9.59 Å². The minimum Gasteiger partial charge on any atom is -0.497 e. The fourth-order valence-corrected chi connectivity index (χ4v) is 1.94. The number of anilines is 2. The highest BCUT2D eigenvalue weighted by molar-refractivity contribution is 6.10. The van der Waals surface area contributed by atoms with Gasteiger partial charge in [0.05, 0.1) is 18.4 Å². The second kappa shape index (κ2) is 7.45. The Morgan fingerprint density at radius 2 is 1.61 bits per heavy atom. The van der Waals surface area contributed by atoms with Crippen LogP contribution in [-0.2, 0) is 4.79 Å². The van der Waals surface area contributed by atoms with Crippen LogP contribution in [0.25, 0.3) is 0 Å². The van der Waals surface area contributed by atoms with Crippen molar-refractivity contribution in [3.8, 4) is 5.75 Å². The third-order valence-electron chi connectivity index (χ3n) is 3.30. The average Bonchev–Trinajstić information content (AvgIpc) is 2.55. The second-order valence-corrected chi connectivity index (χ2v) is 5.37. The average molecular weight is 312 g/mol. The lowest BCUT2D eigenvalue weighted by Crippen LogP contribution is -2.21. The van der Waals surface area contributed by atoms with E-state index >= 15 is 0 Å². The zero-order valence-electron chi connectivity index (χ0n) is 13.4. The van der Waals surface area contributed by atoms with E-state index in [-0.39, 0.29) is 17.7 Å². The summed E-state index contributed by atoms with van der Waals surface area (Å²) in [7, 11) is 1.58. The van der Waals surface area contributed by atoms with Crippen LogP contribution in [0.4, 0.5) is 11.4 Å². The van der Waals surface area contributed by atoms with Crippen molar-refractivity contribution in [3.63, 3.8) is 0 Å². The molecule has 0 aliphatic carbocycles. The van der Waals surface area contributed by atoms with Crippen LogP contribution in [0.1, 0.15) is 24.2 Å². The van der Waals surface area contributed by atoms with E-state index in [0.717, 1.165) is 0 Å². The smallest absolute Gasteiger partial charge is 0.257 e. The van der Waals surface area contributed by atoms with Gasteiger partial charge in [0, 0.05) is 11.6 Å².